The molecule has 0 radical (unpaired) electrons. The molecular formula is C15H20N6. The fraction of sp³-hybridized carbons (Fsp3) is 0.467. The first-order valence-electron chi connectivity index (χ1n) is 7.17. The standard InChI is InChI=1S/C15H20N6/c1-11-8-13(20(2)3)19-15(18-11)12-4-7-21(10-12)14-9-16-5-6-17-14/h5-6,8-9,12H,4,7,10H2,1-3H3/t12-/m1/s1. The summed E-state index contributed by atoms with van der Waals surface area (Å²) in [6.07, 6.45) is 6.29. The summed E-state index contributed by atoms with van der Waals surface area (Å²) >= 11 is 0. The number of aryl methyl sites for hydroxylation is 1. The molecule has 6 nitrogen and oxygen atoms in total. The molecule has 0 amide bonds. The topological polar surface area (TPSA) is 58.0 Å². The summed E-state index contributed by atoms with van der Waals surface area (Å²) in [5.41, 5.74) is 1.02. The minimum Gasteiger partial charge on any atom is -0.363 e. The molecule has 21 heavy (non-hydrogen) atoms. The second-order valence-electron chi connectivity index (χ2n) is 5.62. The zero-order valence-electron chi connectivity index (χ0n) is 12.7. The smallest absolute Gasteiger partial charge is 0.147 e. The third-order valence-electron chi connectivity index (χ3n) is 3.74. The van der Waals surface area contributed by atoms with Gasteiger partial charge in [-0.3, -0.25) is 4.98 Å². The molecule has 3 rings (SSSR count). The Morgan fingerprint density at radius 1 is 1.24 bits per heavy atom. The third-order valence-corrected chi connectivity index (χ3v) is 3.74. The van der Waals surface area contributed by atoms with Crippen molar-refractivity contribution in [3.63, 3.8) is 0 Å². The van der Waals surface area contributed by atoms with E-state index >= 15 is 0 Å². The maximum absolute atomic E-state index is 4.70. The van der Waals surface area contributed by atoms with E-state index in [-0.39, 0.29) is 0 Å². The summed E-state index contributed by atoms with van der Waals surface area (Å²) in [6, 6.07) is 2.01. The predicted molar refractivity (Wildman–Crippen MR) is 82.7 cm³/mol. The number of hydrogen-bond acceptors (Lipinski definition) is 6. The number of aromatic nitrogens is 4. The zero-order valence-corrected chi connectivity index (χ0v) is 12.7. The van der Waals surface area contributed by atoms with Crippen molar-refractivity contribution in [3.05, 3.63) is 36.2 Å². The maximum atomic E-state index is 4.70. The molecule has 6 heteroatoms. The van der Waals surface area contributed by atoms with Crippen molar-refractivity contribution in [2.45, 2.75) is 19.3 Å². The van der Waals surface area contributed by atoms with Gasteiger partial charge in [-0.1, -0.05) is 0 Å². The van der Waals surface area contributed by atoms with E-state index in [2.05, 4.69) is 19.9 Å². The van der Waals surface area contributed by atoms with Gasteiger partial charge in [-0.25, -0.2) is 15.0 Å². The van der Waals surface area contributed by atoms with Crippen molar-refractivity contribution in [3.8, 4) is 0 Å². The van der Waals surface area contributed by atoms with Gasteiger partial charge in [-0.05, 0) is 13.3 Å². The van der Waals surface area contributed by atoms with Crippen LogP contribution >= 0.6 is 0 Å². The summed E-state index contributed by atoms with van der Waals surface area (Å²) in [5.74, 6) is 3.19. The van der Waals surface area contributed by atoms with Crippen molar-refractivity contribution in [1.29, 1.82) is 0 Å². The van der Waals surface area contributed by atoms with Crippen LogP contribution in [0.25, 0.3) is 0 Å². The Labute approximate surface area is 124 Å². The molecule has 0 saturated carbocycles. The minimum absolute atomic E-state index is 0.352. The minimum atomic E-state index is 0.352. The molecular weight excluding hydrogens is 264 g/mol. The molecule has 0 bridgehead atoms. The first kappa shape index (κ1) is 13.7. The summed E-state index contributed by atoms with van der Waals surface area (Å²) in [7, 11) is 4.01. The first-order valence-corrected chi connectivity index (χ1v) is 7.17. The highest BCUT2D eigenvalue weighted by Crippen LogP contribution is 2.28. The number of anilines is 2. The lowest BCUT2D eigenvalue weighted by atomic mass is 10.1. The Balaban J connectivity index is 1.80. The van der Waals surface area contributed by atoms with Crippen molar-refractivity contribution in [2.75, 3.05) is 37.0 Å². The van der Waals surface area contributed by atoms with Gasteiger partial charge < -0.3 is 9.80 Å². The Kier molecular flexibility index (Phi) is 3.68. The molecule has 0 aliphatic carbocycles. The van der Waals surface area contributed by atoms with E-state index in [1.807, 2.05) is 38.2 Å². The molecule has 0 unspecified atom stereocenters. The van der Waals surface area contributed by atoms with E-state index in [1.165, 1.54) is 0 Å². The molecule has 3 heterocycles. The van der Waals surface area contributed by atoms with Crippen LogP contribution in [0.4, 0.5) is 11.6 Å². The van der Waals surface area contributed by atoms with E-state index < -0.39 is 0 Å². The Bertz CT molecular complexity index is 613. The van der Waals surface area contributed by atoms with Crippen LogP contribution in [0.2, 0.25) is 0 Å². The van der Waals surface area contributed by atoms with Gasteiger partial charge in [0, 0.05) is 57.3 Å². The molecule has 1 aliphatic heterocycles. The lowest BCUT2D eigenvalue weighted by Gasteiger charge is -2.18. The highest BCUT2D eigenvalue weighted by molar-refractivity contribution is 5.40. The second-order valence-corrected chi connectivity index (χ2v) is 5.62. The zero-order chi connectivity index (χ0) is 14.8. The number of nitrogens with zero attached hydrogens (tertiary/aromatic N) is 6. The fourth-order valence-corrected chi connectivity index (χ4v) is 2.62. The monoisotopic (exact) mass is 284 g/mol. The lowest BCUT2D eigenvalue weighted by molar-refractivity contribution is 0.702. The SMILES string of the molecule is Cc1cc(N(C)C)nc([C@@H]2CCN(c3cnccn3)C2)n1. The average molecular weight is 284 g/mol. The van der Waals surface area contributed by atoms with Gasteiger partial charge in [-0.2, -0.15) is 0 Å². The predicted octanol–water partition coefficient (Wildman–Crippen LogP) is 1.63. The molecule has 0 spiro atoms. The van der Waals surface area contributed by atoms with Crippen molar-refractivity contribution < 1.29 is 0 Å². The van der Waals surface area contributed by atoms with E-state index in [4.69, 9.17) is 4.98 Å². The Morgan fingerprint density at radius 3 is 2.81 bits per heavy atom. The van der Waals surface area contributed by atoms with Crippen LogP contribution in [0.1, 0.15) is 23.9 Å². The number of hydrogen-bond donors (Lipinski definition) is 0. The van der Waals surface area contributed by atoms with E-state index in [1.54, 1.807) is 12.4 Å². The van der Waals surface area contributed by atoms with Crippen LogP contribution in [-0.4, -0.2) is 47.1 Å². The van der Waals surface area contributed by atoms with Crippen molar-refractivity contribution in [2.24, 2.45) is 0 Å². The largest absolute Gasteiger partial charge is 0.363 e. The molecule has 0 aromatic carbocycles. The normalized spacial score (nSPS) is 18.0. The van der Waals surface area contributed by atoms with Crippen LogP contribution in [0.15, 0.2) is 24.7 Å². The molecule has 1 aliphatic rings. The summed E-state index contributed by atoms with van der Waals surface area (Å²) in [6.45, 7) is 3.89. The summed E-state index contributed by atoms with van der Waals surface area (Å²) in [5, 5.41) is 0. The third kappa shape index (κ3) is 2.94. The number of rotatable bonds is 3. The summed E-state index contributed by atoms with van der Waals surface area (Å²) in [4.78, 5) is 22.1. The van der Waals surface area contributed by atoms with Gasteiger partial charge in [0.05, 0.1) is 6.20 Å². The van der Waals surface area contributed by atoms with Crippen molar-refractivity contribution in [1.82, 2.24) is 19.9 Å². The molecule has 110 valence electrons. The van der Waals surface area contributed by atoms with Gasteiger partial charge in [0.1, 0.15) is 17.5 Å². The highest BCUT2D eigenvalue weighted by atomic mass is 15.2. The first-order chi connectivity index (χ1) is 10.1. The van der Waals surface area contributed by atoms with E-state index in [9.17, 15) is 0 Å². The maximum Gasteiger partial charge on any atom is 0.147 e. The van der Waals surface area contributed by atoms with Crippen LogP contribution in [0.3, 0.4) is 0 Å². The van der Waals surface area contributed by atoms with Gasteiger partial charge in [-0.15, -0.1) is 0 Å². The quantitative estimate of drug-likeness (QED) is 0.854. The van der Waals surface area contributed by atoms with Crippen LogP contribution in [0.5, 0.6) is 0 Å². The van der Waals surface area contributed by atoms with Gasteiger partial charge in [0.15, 0.2) is 0 Å². The fourth-order valence-electron chi connectivity index (χ4n) is 2.62. The molecule has 1 saturated heterocycles. The Hall–Kier alpha value is -2.24. The van der Waals surface area contributed by atoms with E-state index in [0.29, 0.717) is 5.92 Å². The Morgan fingerprint density at radius 2 is 2.10 bits per heavy atom. The second kappa shape index (κ2) is 5.63. The van der Waals surface area contributed by atoms with Crippen LogP contribution in [-0.2, 0) is 0 Å². The average Bonchev–Trinajstić information content (AvgIpc) is 2.97. The van der Waals surface area contributed by atoms with Gasteiger partial charge >= 0.3 is 0 Å². The highest BCUT2D eigenvalue weighted by Gasteiger charge is 2.27. The summed E-state index contributed by atoms with van der Waals surface area (Å²) < 4.78 is 0. The van der Waals surface area contributed by atoms with Crippen LogP contribution in [0, 0.1) is 6.92 Å². The van der Waals surface area contributed by atoms with Gasteiger partial charge in [0.2, 0.25) is 0 Å². The van der Waals surface area contributed by atoms with E-state index in [0.717, 1.165) is 42.7 Å². The van der Waals surface area contributed by atoms with Gasteiger partial charge in [0.25, 0.3) is 0 Å². The van der Waals surface area contributed by atoms with Crippen LogP contribution < -0.4 is 9.80 Å². The molecule has 1 fully saturated rings. The molecule has 2 aromatic heterocycles. The van der Waals surface area contributed by atoms with Crippen molar-refractivity contribution >= 4 is 11.6 Å². The lowest BCUT2D eigenvalue weighted by Crippen LogP contribution is -2.21. The molecule has 1 atom stereocenters. The molecule has 0 N–H and O–H groups in total. The molecule has 2 aromatic rings.